The second-order valence-electron chi connectivity index (χ2n) is 5.06. The first-order valence-electron chi connectivity index (χ1n) is 7.03. The van der Waals surface area contributed by atoms with Crippen LogP contribution in [-0.4, -0.2) is 16.1 Å². The molecule has 1 heterocycles. The minimum Gasteiger partial charge on any atom is -0.330 e. The summed E-state index contributed by atoms with van der Waals surface area (Å²) in [4.78, 5) is 4.78. The molecule has 0 radical (unpaired) electrons. The molecule has 1 unspecified atom stereocenters. The number of fused-ring (bicyclic) bond motifs is 1. The fraction of sp³-hybridized carbons (Fsp3) is 0.533. The number of halogens is 1. The average molecular weight is 280 g/mol. The Balaban J connectivity index is 2.47. The third kappa shape index (κ3) is 2.93. The summed E-state index contributed by atoms with van der Waals surface area (Å²) >= 11 is 6.34. The van der Waals surface area contributed by atoms with Gasteiger partial charge in [-0.25, -0.2) is 4.98 Å². The van der Waals surface area contributed by atoms with Crippen LogP contribution in [0.2, 0.25) is 5.02 Å². The van der Waals surface area contributed by atoms with Crippen LogP contribution in [0, 0.1) is 0 Å². The number of aromatic nitrogens is 2. The lowest BCUT2D eigenvalue weighted by Gasteiger charge is -2.14. The number of hydrogen-bond donors (Lipinski definition) is 1. The monoisotopic (exact) mass is 279 g/mol. The molecule has 0 aliphatic carbocycles. The maximum Gasteiger partial charge on any atom is 0.112 e. The SMILES string of the molecule is CCCn1c(C(C)CCCN)nc2cccc(Cl)c21. The van der Waals surface area contributed by atoms with E-state index in [1.807, 2.05) is 18.2 Å². The van der Waals surface area contributed by atoms with Crippen molar-refractivity contribution >= 4 is 22.6 Å². The first-order valence-corrected chi connectivity index (χ1v) is 7.41. The van der Waals surface area contributed by atoms with E-state index in [-0.39, 0.29) is 0 Å². The summed E-state index contributed by atoms with van der Waals surface area (Å²) in [6.07, 6.45) is 3.18. The van der Waals surface area contributed by atoms with Crippen molar-refractivity contribution in [2.24, 2.45) is 5.73 Å². The van der Waals surface area contributed by atoms with E-state index < -0.39 is 0 Å². The Hall–Kier alpha value is -1.06. The van der Waals surface area contributed by atoms with Crippen molar-refractivity contribution in [2.45, 2.75) is 45.6 Å². The molecule has 1 atom stereocenters. The van der Waals surface area contributed by atoms with Gasteiger partial charge in [0, 0.05) is 12.5 Å². The van der Waals surface area contributed by atoms with Crippen molar-refractivity contribution in [3.8, 4) is 0 Å². The van der Waals surface area contributed by atoms with Crippen molar-refractivity contribution in [3.63, 3.8) is 0 Å². The van der Waals surface area contributed by atoms with Crippen molar-refractivity contribution in [1.29, 1.82) is 0 Å². The van der Waals surface area contributed by atoms with Crippen LogP contribution >= 0.6 is 11.6 Å². The molecule has 4 heteroatoms. The molecule has 1 aromatic carbocycles. The van der Waals surface area contributed by atoms with Gasteiger partial charge in [0.15, 0.2) is 0 Å². The lowest BCUT2D eigenvalue weighted by molar-refractivity contribution is 0.559. The smallest absolute Gasteiger partial charge is 0.112 e. The molecule has 0 spiro atoms. The molecule has 3 nitrogen and oxygen atoms in total. The number of aryl methyl sites for hydroxylation is 1. The lowest BCUT2D eigenvalue weighted by Crippen LogP contribution is -2.09. The Labute approximate surface area is 119 Å². The van der Waals surface area contributed by atoms with E-state index in [2.05, 4.69) is 18.4 Å². The quantitative estimate of drug-likeness (QED) is 0.870. The number of hydrogen-bond acceptors (Lipinski definition) is 2. The van der Waals surface area contributed by atoms with Gasteiger partial charge in [-0.1, -0.05) is 31.5 Å². The third-order valence-electron chi connectivity index (χ3n) is 3.48. The molecule has 0 saturated carbocycles. The van der Waals surface area contributed by atoms with Gasteiger partial charge in [0.2, 0.25) is 0 Å². The van der Waals surface area contributed by atoms with E-state index in [0.717, 1.165) is 54.2 Å². The molecule has 2 aromatic rings. The molecule has 2 rings (SSSR count). The molecule has 0 bridgehead atoms. The number of rotatable bonds is 6. The molecule has 0 saturated heterocycles. The molecule has 104 valence electrons. The first-order chi connectivity index (χ1) is 9.19. The first kappa shape index (κ1) is 14.4. The molecular weight excluding hydrogens is 258 g/mol. The van der Waals surface area contributed by atoms with Gasteiger partial charge in [-0.3, -0.25) is 0 Å². The maximum atomic E-state index is 6.34. The summed E-state index contributed by atoms with van der Waals surface area (Å²) < 4.78 is 2.28. The van der Waals surface area contributed by atoms with Gasteiger partial charge < -0.3 is 10.3 Å². The lowest BCUT2D eigenvalue weighted by atomic mass is 10.0. The molecular formula is C15H22ClN3. The molecule has 0 fully saturated rings. The molecule has 2 N–H and O–H groups in total. The van der Waals surface area contributed by atoms with Crippen LogP contribution in [0.4, 0.5) is 0 Å². The number of para-hydroxylation sites is 1. The summed E-state index contributed by atoms with van der Waals surface area (Å²) in [5, 5.41) is 0.788. The zero-order valence-corrected chi connectivity index (χ0v) is 12.5. The Bertz CT molecular complexity index is 548. The molecule has 0 aliphatic heterocycles. The highest BCUT2D eigenvalue weighted by molar-refractivity contribution is 6.35. The van der Waals surface area contributed by atoms with Gasteiger partial charge in [0.25, 0.3) is 0 Å². The summed E-state index contributed by atoms with van der Waals surface area (Å²) in [7, 11) is 0. The second-order valence-corrected chi connectivity index (χ2v) is 5.47. The summed E-state index contributed by atoms with van der Waals surface area (Å²) in [5.41, 5.74) is 7.67. The maximum absolute atomic E-state index is 6.34. The second kappa shape index (κ2) is 6.40. The van der Waals surface area contributed by atoms with Crippen LogP contribution in [-0.2, 0) is 6.54 Å². The standard InChI is InChI=1S/C15H22ClN3/c1-3-10-19-14-12(16)7-4-8-13(14)18-15(19)11(2)6-5-9-17/h4,7-8,11H,3,5-6,9-10,17H2,1-2H3. The Morgan fingerprint density at radius 3 is 2.89 bits per heavy atom. The van der Waals surface area contributed by atoms with Gasteiger partial charge in [-0.05, 0) is 37.9 Å². The van der Waals surface area contributed by atoms with E-state index in [4.69, 9.17) is 22.3 Å². The predicted octanol–water partition coefficient (Wildman–Crippen LogP) is 3.94. The van der Waals surface area contributed by atoms with E-state index >= 15 is 0 Å². The molecule has 19 heavy (non-hydrogen) atoms. The zero-order chi connectivity index (χ0) is 13.8. The molecule has 1 aromatic heterocycles. The van der Waals surface area contributed by atoms with Crippen LogP contribution in [0.15, 0.2) is 18.2 Å². The number of nitrogens with zero attached hydrogens (tertiary/aromatic N) is 2. The Morgan fingerprint density at radius 1 is 1.42 bits per heavy atom. The van der Waals surface area contributed by atoms with Gasteiger partial charge in [-0.15, -0.1) is 0 Å². The minimum atomic E-state index is 0.415. The van der Waals surface area contributed by atoms with Crippen LogP contribution < -0.4 is 5.73 Å². The van der Waals surface area contributed by atoms with Crippen LogP contribution in [0.1, 0.15) is 44.9 Å². The minimum absolute atomic E-state index is 0.415. The van der Waals surface area contributed by atoms with Crippen LogP contribution in [0.3, 0.4) is 0 Å². The van der Waals surface area contributed by atoms with Crippen molar-refractivity contribution in [2.75, 3.05) is 6.54 Å². The van der Waals surface area contributed by atoms with Crippen molar-refractivity contribution in [1.82, 2.24) is 9.55 Å². The fourth-order valence-corrected chi connectivity index (χ4v) is 2.81. The Morgan fingerprint density at radius 2 is 2.21 bits per heavy atom. The predicted molar refractivity (Wildman–Crippen MR) is 81.7 cm³/mol. The fourth-order valence-electron chi connectivity index (χ4n) is 2.54. The van der Waals surface area contributed by atoms with Gasteiger partial charge in [0.1, 0.15) is 5.82 Å². The summed E-state index contributed by atoms with van der Waals surface area (Å²) in [6, 6.07) is 5.93. The largest absolute Gasteiger partial charge is 0.330 e. The summed E-state index contributed by atoms with van der Waals surface area (Å²) in [6.45, 7) is 6.09. The number of nitrogens with two attached hydrogens (primary N) is 1. The normalized spacial score (nSPS) is 13.1. The van der Waals surface area contributed by atoms with E-state index in [1.54, 1.807) is 0 Å². The highest BCUT2D eigenvalue weighted by Crippen LogP contribution is 2.29. The molecule has 0 amide bonds. The number of benzene rings is 1. The highest BCUT2D eigenvalue weighted by Gasteiger charge is 2.17. The van der Waals surface area contributed by atoms with E-state index in [1.165, 1.54) is 0 Å². The van der Waals surface area contributed by atoms with E-state index in [9.17, 15) is 0 Å². The van der Waals surface area contributed by atoms with Crippen LogP contribution in [0.5, 0.6) is 0 Å². The topological polar surface area (TPSA) is 43.8 Å². The Kier molecular flexibility index (Phi) is 4.83. The zero-order valence-electron chi connectivity index (χ0n) is 11.7. The third-order valence-corrected chi connectivity index (χ3v) is 3.78. The number of imidazole rings is 1. The van der Waals surface area contributed by atoms with Crippen LogP contribution in [0.25, 0.3) is 11.0 Å². The van der Waals surface area contributed by atoms with Crippen molar-refractivity contribution < 1.29 is 0 Å². The van der Waals surface area contributed by atoms with Gasteiger partial charge in [-0.2, -0.15) is 0 Å². The molecule has 0 aliphatic rings. The highest BCUT2D eigenvalue weighted by atomic mass is 35.5. The van der Waals surface area contributed by atoms with Gasteiger partial charge >= 0.3 is 0 Å². The average Bonchev–Trinajstić information content (AvgIpc) is 2.77. The van der Waals surface area contributed by atoms with E-state index in [0.29, 0.717) is 5.92 Å². The summed E-state index contributed by atoms with van der Waals surface area (Å²) in [5.74, 6) is 1.55. The van der Waals surface area contributed by atoms with Gasteiger partial charge in [0.05, 0.1) is 16.1 Å². The van der Waals surface area contributed by atoms with Crippen molar-refractivity contribution in [3.05, 3.63) is 29.0 Å².